The molecule has 0 heterocycles. The Labute approximate surface area is 121 Å². The Kier molecular flexibility index (Phi) is 6.47. The monoisotopic (exact) mass is 262 g/mol. The van der Waals surface area contributed by atoms with E-state index in [4.69, 9.17) is 0 Å². The van der Waals surface area contributed by atoms with E-state index in [-0.39, 0.29) is 0 Å². The summed E-state index contributed by atoms with van der Waals surface area (Å²) in [7, 11) is 0. The number of allylic oxidation sites excluding steroid dienone is 2. The van der Waals surface area contributed by atoms with E-state index in [9.17, 15) is 0 Å². The second-order valence-corrected chi connectivity index (χ2v) is 7.07. The lowest BCUT2D eigenvalue weighted by atomic mass is 9.70. The van der Waals surface area contributed by atoms with Crippen LogP contribution in [0.1, 0.15) is 90.9 Å². The Morgan fingerprint density at radius 1 is 0.947 bits per heavy atom. The molecule has 1 atom stereocenters. The van der Waals surface area contributed by atoms with Gasteiger partial charge in [-0.3, -0.25) is 0 Å². The van der Waals surface area contributed by atoms with Gasteiger partial charge in [0, 0.05) is 0 Å². The Hall–Kier alpha value is -0.260. The van der Waals surface area contributed by atoms with Crippen molar-refractivity contribution in [3.05, 3.63) is 11.6 Å². The molecule has 0 saturated heterocycles. The number of rotatable bonds is 6. The fourth-order valence-corrected chi connectivity index (χ4v) is 4.32. The summed E-state index contributed by atoms with van der Waals surface area (Å²) < 4.78 is 0. The van der Waals surface area contributed by atoms with E-state index in [1.165, 1.54) is 77.0 Å². The van der Waals surface area contributed by atoms with Gasteiger partial charge in [-0.2, -0.15) is 0 Å². The lowest BCUT2D eigenvalue weighted by molar-refractivity contribution is 0.186. The van der Waals surface area contributed by atoms with Gasteiger partial charge in [-0.05, 0) is 62.7 Å². The standard InChI is InChI=1S/C19H34/c1-3-5-7-17-10-14-19(15-11-17)18-12-8-16(6-4-2)9-13-18/h10,16,18-19H,3-9,11-15H2,1-2H3. The molecule has 1 unspecified atom stereocenters. The highest BCUT2D eigenvalue weighted by Crippen LogP contribution is 2.41. The number of unbranched alkanes of at least 4 members (excludes halogenated alkanes) is 1. The third-order valence-corrected chi connectivity index (χ3v) is 5.65. The maximum Gasteiger partial charge on any atom is -0.0317 e. The average Bonchev–Trinajstić information content (AvgIpc) is 2.47. The molecule has 2 aliphatic rings. The van der Waals surface area contributed by atoms with Crippen molar-refractivity contribution in [3.8, 4) is 0 Å². The van der Waals surface area contributed by atoms with Gasteiger partial charge in [0.2, 0.25) is 0 Å². The molecule has 0 nitrogen and oxygen atoms in total. The lowest BCUT2D eigenvalue weighted by Crippen LogP contribution is -2.23. The maximum absolute atomic E-state index is 2.61. The topological polar surface area (TPSA) is 0 Å². The van der Waals surface area contributed by atoms with Gasteiger partial charge in [0.05, 0.1) is 0 Å². The molecular weight excluding hydrogens is 228 g/mol. The largest absolute Gasteiger partial charge is 0.0850 e. The second kappa shape index (κ2) is 8.12. The lowest BCUT2D eigenvalue weighted by Gasteiger charge is -2.35. The van der Waals surface area contributed by atoms with Crippen LogP contribution < -0.4 is 0 Å². The van der Waals surface area contributed by atoms with Crippen molar-refractivity contribution >= 4 is 0 Å². The van der Waals surface area contributed by atoms with Crippen molar-refractivity contribution in [3.63, 3.8) is 0 Å². The van der Waals surface area contributed by atoms with Crippen LogP contribution in [0.25, 0.3) is 0 Å². The quantitative estimate of drug-likeness (QED) is 0.479. The summed E-state index contributed by atoms with van der Waals surface area (Å²) in [4.78, 5) is 0. The van der Waals surface area contributed by atoms with Crippen LogP contribution >= 0.6 is 0 Å². The van der Waals surface area contributed by atoms with E-state index < -0.39 is 0 Å². The summed E-state index contributed by atoms with van der Waals surface area (Å²) in [6.45, 7) is 4.65. The Bertz CT molecular complexity index is 268. The molecule has 1 saturated carbocycles. The summed E-state index contributed by atoms with van der Waals surface area (Å²) in [6.07, 6.45) is 20.1. The van der Waals surface area contributed by atoms with Crippen LogP contribution in [0.4, 0.5) is 0 Å². The SMILES string of the molecule is CCCCC1=CCC(C2CCC(CCC)CC2)CC1. The van der Waals surface area contributed by atoms with Crippen molar-refractivity contribution in [2.45, 2.75) is 90.9 Å². The molecule has 0 N–H and O–H groups in total. The summed E-state index contributed by atoms with van der Waals surface area (Å²) in [5.41, 5.74) is 1.78. The minimum absolute atomic E-state index is 1.04. The van der Waals surface area contributed by atoms with Gasteiger partial charge in [0.25, 0.3) is 0 Å². The summed E-state index contributed by atoms with van der Waals surface area (Å²) >= 11 is 0. The minimum Gasteiger partial charge on any atom is -0.0850 e. The highest BCUT2D eigenvalue weighted by molar-refractivity contribution is 5.07. The second-order valence-electron chi connectivity index (χ2n) is 7.07. The van der Waals surface area contributed by atoms with Gasteiger partial charge in [0.1, 0.15) is 0 Å². The molecule has 1 fully saturated rings. The number of hydrogen-bond acceptors (Lipinski definition) is 0. The summed E-state index contributed by atoms with van der Waals surface area (Å²) in [6, 6.07) is 0. The van der Waals surface area contributed by atoms with E-state index in [0.29, 0.717) is 0 Å². The smallest absolute Gasteiger partial charge is 0.0317 e. The van der Waals surface area contributed by atoms with Crippen LogP contribution in [-0.4, -0.2) is 0 Å². The zero-order valence-electron chi connectivity index (χ0n) is 13.3. The molecule has 0 bridgehead atoms. The van der Waals surface area contributed by atoms with Crippen LogP contribution in [-0.2, 0) is 0 Å². The van der Waals surface area contributed by atoms with Gasteiger partial charge < -0.3 is 0 Å². The number of hydrogen-bond donors (Lipinski definition) is 0. The third-order valence-electron chi connectivity index (χ3n) is 5.65. The fraction of sp³-hybridized carbons (Fsp3) is 0.895. The van der Waals surface area contributed by atoms with E-state index in [1.54, 1.807) is 5.57 Å². The zero-order valence-corrected chi connectivity index (χ0v) is 13.3. The van der Waals surface area contributed by atoms with E-state index in [1.807, 2.05) is 0 Å². The predicted octanol–water partition coefficient (Wildman–Crippen LogP) is 6.51. The zero-order chi connectivity index (χ0) is 13.5. The molecule has 2 rings (SSSR count). The predicted molar refractivity (Wildman–Crippen MR) is 85.3 cm³/mol. The molecule has 0 radical (unpaired) electrons. The minimum atomic E-state index is 1.04. The first-order valence-electron chi connectivity index (χ1n) is 9.01. The summed E-state index contributed by atoms with van der Waals surface area (Å²) in [5.74, 6) is 3.17. The van der Waals surface area contributed by atoms with Crippen molar-refractivity contribution in [2.75, 3.05) is 0 Å². The van der Waals surface area contributed by atoms with Gasteiger partial charge in [-0.25, -0.2) is 0 Å². The van der Waals surface area contributed by atoms with Crippen LogP contribution in [0.5, 0.6) is 0 Å². The molecule has 0 spiro atoms. The van der Waals surface area contributed by atoms with Crippen molar-refractivity contribution in [1.29, 1.82) is 0 Å². The van der Waals surface area contributed by atoms with Gasteiger partial charge in [-0.15, -0.1) is 0 Å². The molecule has 0 heteroatoms. The van der Waals surface area contributed by atoms with Gasteiger partial charge in [0.15, 0.2) is 0 Å². The molecule has 0 amide bonds. The molecule has 19 heavy (non-hydrogen) atoms. The fourth-order valence-electron chi connectivity index (χ4n) is 4.32. The highest BCUT2D eigenvalue weighted by Gasteiger charge is 2.28. The van der Waals surface area contributed by atoms with Crippen molar-refractivity contribution in [1.82, 2.24) is 0 Å². The van der Waals surface area contributed by atoms with E-state index >= 15 is 0 Å². The molecule has 0 aromatic rings. The first-order chi connectivity index (χ1) is 9.33. The highest BCUT2D eigenvalue weighted by atomic mass is 14.3. The third kappa shape index (κ3) is 4.65. The van der Waals surface area contributed by atoms with Gasteiger partial charge in [-0.1, -0.05) is 57.6 Å². The normalized spacial score (nSPS) is 32.1. The van der Waals surface area contributed by atoms with E-state index in [0.717, 1.165) is 17.8 Å². The first kappa shape index (κ1) is 15.1. The molecule has 110 valence electrons. The maximum atomic E-state index is 2.61. The van der Waals surface area contributed by atoms with Crippen molar-refractivity contribution < 1.29 is 0 Å². The van der Waals surface area contributed by atoms with Crippen LogP contribution in [0.3, 0.4) is 0 Å². The Morgan fingerprint density at radius 3 is 2.32 bits per heavy atom. The first-order valence-corrected chi connectivity index (χ1v) is 9.01. The van der Waals surface area contributed by atoms with E-state index in [2.05, 4.69) is 19.9 Å². The Morgan fingerprint density at radius 2 is 1.74 bits per heavy atom. The van der Waals surface area contributed by atoms with Crippen LogP contribution in [0, 0.1) is 17.8 Å². The van der Waals surface area contributed by atoms with Crippen molar-refractivity contribution in [2.24, 2.45) is 17.8 Å². The van der Waals surface area contributed by atoms with Crippen LogP contribution in [0.2, 0.25) is 0 Å². The van der Waals surface area contributed by atoms with Crippen LogP contribution in [0.15, 0.2) is 11.6 Å². The molecule has 0 aromatic heterocycles. The average molecular weight is 262 g/mol. The Balaban J connectivity index is 1.72. The molecule has 0 aliphatic heterocycles. The molecule has 2 aliphatic carbocycles. The van der Waals surface area contributed by atoms with Gasteiger partial charge >= 0.3 is 0 Å². The molecule has 0 aromatic carbocycles. The molecular formula is C19H34. The summed E-state index contributed by atoms with van der Waals surface area (Å²) in [5, 5.41) is 0.